The van der Waals surface area contributed by atoms with Crippen molar-refractivity contribution >= 4 is 34.9 Å². The number of nitrogen functional groups attached to an aromatic ring is 1. The van der Waals surface area contributed by atoms with Gasteiger partial charge in [0.15, 0.2) is 0 Å². The van der Waals surface area contributed by atoms with Gasteiger partial charge in [-0.1, -0.05) is 35.3 Å². The zero-order valence-corrected chi connectivity index (χ0v) is 12.7. The SMILES string of the molecule is COc1ccc(COC(=O)c2cc(N)c(Cl)c(Cl)c2)cc1. The molecule has 6 heteroatoms. The molecule has 0 aliphatic rings. The predicted octanol–water partition coefficient (Wildman–Crippen LogP) is 3.94. The molecule has 0 bridgehead atoms. The third-order valence-corrected chi connectivity index (χ3v) is 3.64. The molecule has 2 aromatic rings. The minimum Gasteiger partial charge on any atom is -0.497 e. The first-order valence-corrected chi connectivity index (χ1v) is 6.81. The van der Waals surface area contributed by atoms with Crippen LogP contribution in [0.1, 0.15) is 15.9 Å². The van der Waals surface area contributed by atoms with E-state index in [1.54, 1.807) is 19.2 Å². The van der Waals surface area contributed by atoms with Gasteiger partial charge in [-0.25, -0.2) is 4.79 Å². The quantitative estimate of drug-likeness (QED) is 0.683. The number of nitrogens with two attached hydrogens (primary N) is 1. The van der Waals surface area contributed by atoms with E-state index in [9.17, 15) is 4.79 Å². The van der Waals surface area contributed by atoms with Gasteiger partial charge >= 0.3 is 5.97 Å². The summed E-state index contributed by atoms with van der Waals surface area (Å²) in [6.07, 6.45) is 0. The Morgan fingerprint density at radius 1 is 1.19 bits per heavy atom. The summed E-state index contributed by atoms with van der Waals surface area (Å²) >= 11 is 11.7. The summed E-state index contributed by atoms with van der Waals surface area (Å²) in [5.41, 5.74) is 7.00. The zero-order valence-electron chi connectivity index (χ0n) is 11.2. The zero-order chi connectivity index (χ0) is 15.4. The number of esters is 1. The third-order valence-electron chi connectivity index (χ3n) is 2.82. The fourth-order valence-electron chi connectivity index (χ4n) is 1.68. The molecule has 2 N–H and O–H groups in total. The van der Waals surface area contributed by atoms with Crippen molar-refractivity contribution in [2.45, 2.75) is 6.61 Å². The molecule has 0 fully saturated rings. The summed E-state index contributed by atoms with van der Waals surface area (Å²) in [5, 5.41) is 0.441. The van der Waals surface area contributed by atoms with Crippen LogP contribution in [0.15, 0.2) is 36.4 Å². The molecular weight excluding hydrogens is 313 g/mol. The summed E-state index contributed by atoms with van der Waals surface area (Å²) in [5.74, 6) is 0.221. The molecule has 0 spiro atoms. The summed E-state index contributed by atoms with van der Waals surface area (Å²) < 4.78 is 10.3. The number of halogens is 2. The lowest BCUT2D eigenvalue weighted by Crippen LogP contribution is -2.06. The van der Waals surface area contributed by atoms with Gasteiger partial charge in [-0.3, -0.25) is 0 Å². The van der Waals surface area contributed by atoms with Crippen LogP contribution >= 0.6 is 23.2 Å². The van der Waals surface area contributed by atoms with E-state index < -0.39 is 5.97 Å². The van der Waals surface area contributed by atoms with Crippen LogP contribution in [-0.2, 0) is 11.3 Å². The van der Waals surface area contributed by atoms with Crippen LogP contribution in [-0.4, -0.2) is 13.1 Å². The number of hydrogen-bond donors (Lipinski definition) is 1. The molecule has 0 aliphatic carbocycles. The van der Waals surface area contributed by atoms with Crippen molar-refractivity contribution in [1.29, 1.82) is 0 Å². The Morgan fingerprint density at radius 3 is 2.43 bits per heavy atom. The van der Waals surface area contributed by atoms with Gasteiger partial charge < -0.3 is 15.2 Å². The van der Waals surface area contributed by atoms with E-state index in [-0.39, 0.29) is 27.9 Å². The van der Waals surface area contributed by atoms with Crippen molar-refractivity contribution in [2.24, 2.45) is 0 Å². The lowest BCUT2D eigenvalue weighted by molar-refractivity contribution is 0.0473. The standard InChI is InChI=1S/C15H13Cl2NO3/c1-20-11-4-2-9(3-5-11)8-21-15(19)10-6-12(16)14(17)13(18)7-10/h2-7H,8,18H2,1H3. The van der Waals surface area contributed by atoms with Crippen molar-refractivity contribution in [3.8, 4) is 5.75 Å². The van der Waals surface area contributed by atoms with Gasteiger partial charge in [0.2, 0.25) is 0 Å². The molecule has 4 nitrogen and oxygen atoms in total. The van der Waals surface area contributed by atoms with E-state index in [1.807, 2.05) is 12.1 Å². The minimum atomic E-state index is -0.518. The van der Waals surface area contributed by atoms with E-state index in [0.29, 0.717) is 0 Å². The second-order valence-corrected chi connectivity index (χ2v) is 5.07. The van der Waals surface area contributed by atoms with E-state index in [0.717, 1.165) is 11.3 Å². The van der Waals surface area contributed by atoms with Gasteiger partial charge in [0.25, 0.3) is 0 Å². The van der Waals surface area contributed by atoms with Gasteiger partial charge in [0.1, 0.15) is 12.4 Å². The molecule has 110 valence electrons. The molecule has 0 heterocycles. The average Bonchev–Trinajstić information content (AvgIpc) is 2.50. The first kappa shape index (κ1) is 15.5. The highest BCUT2D eigenvalue weighted by molar-refractivity contribution is 6.43. The van der Waals surface area contributed by atoms with Crippen molar-refractivity contribution in [2.75, 3.05) is 12.8 Å². The van der Waals surface area contributed by atoms with Crippen molar-refractivity contribution in [3.63, 3.8) is 0 Å². The molecular formula is C15H13Cl2NO3. The van der Waals surface area contributed by atoms with Crippen LogP contribution in [0.5, 0.6) is 5.75 Å². The molecule has 0 saturated heterocycles. The lowest BCUT2D eigenvalue weighted by Gasteiger charge is -2.08. The molecule has 0 saturated carbocycles. The summed E-state index contributed by atoms with van der Waals surface area (Å²) in [4.78, 5) is 12.0. The van der Waals surface area contributed by atoms with Crippen LogP contribution in [0, 0.1) is 0 Å². The third kappa shape index (κ3) is 3.80. The second-order valence-electron chi connectivity index (χ2n) is 4.29. The number of carbonyl (C=O) groups excluding carboxylic acids is 1. The molecule has 0 aromatic heterocycles. The first-order chi connectivity index (χ1) is 10.0. The normalized spacial score (nSPS) is 10.2. The minimum absolute atomic E-state index is 0.142. The Balaban J connectivity index is 2.04. The van der Waals surface area contributed by atoms with E-state index in [2.05, 4.69) is 0 Å². The van der Waals surface area contributed by atoms with Gasteiger partial charge in [0.05, 0.1) is 28.4 Å². The van der Waals surface area contributed by atoms with Crippen LogP contribution in [0.25, 0.3) is 0 Å². The number of benzene rings is 2. The van der Waals surface area contributed by atoms with Crippen LogP contribution in [0.2, 0.25) is 10.0 Å². The second kappa shape index (κ2) is 6.70. The Hall–Kier alpha value is -1.91. The molecule has 2 aromatic carbocycles. The molecule has 0 unspecified atom stereocenters. The maximum Gasteiger partial charge on any atom is 0.338 e. The van der Waals surface area contributed by atoms with Gasteiger partial charge in [-0.05, 0) is 29.8 Å². The average molecular weight is 326 g/mol. The Kier molecular flexibility index (Phi) is 4.94. The highest BCUT2D eigenvalue weighted by Gasteiger charge is 2.12. The molecule has 0 radical (unpaired) electrons. The van der Waals surface area contributed by atoms with Crippen LogP contribution < -0.4 is 10.5 Å². The monoisotopic (exact) mass is 325 g/mol. The number of rotatable bonds is 4. The number of carbonyl (C=O) groups is 1. The molecule has 21 heavy (non-hydrogen) atoms. The van der Waals surface area contributed by atoms with Crippen molar-refractivity contribution < 1.29 is 14.3 Å². The smallest absolute Gasteiger partial charge is 0.338 e. The summed E-state index contributed by atoms with van der Waals surface area (Å²) in [7, 11) is 1.59. The number of methoxy groups -OCH3 is 1. The van der Waals surface area contributed by atoms with Crippen molar-refractivity contribution in [1.82, 2.24) is 0 Å². The highest BCUT2D eigenvalue weighted by atomic mass is 35.5. The maximum absolute atomic E-state index is 12.0. The Labute approximate surface area is 132 Å². The van der Waals surface area contributed by atoms with E-state index in [1.165, 1.54) is 12.1 Å². The largest absolute Gasteiger partial charge is 0.497 e. The fraction of sp³-hybridized carbons (Fsp3) is 0.133. The molecule has 0 amide bonds. The Morgan fingerprint density at radius 2 is 1.86 bits per heavy atom. The molecule has 0 atom stereocenters. The van der Waals surface area contributed by atoms with Crippen LogP contribution in [0.4, 0.5) is 5.69 Å². The van der Waals surface area contributed by atoms with Gasteiger partial charge in [-0.2, -0.15) is 0 Å². The topological polar surface area (TPSA) is 61.5 Å². The van der Waals surface area contributed by atoms with E-state index >= 15 is 0 Å². The number of hydrogen-bond acceptors (Lipinski definition) is 4. The fourth-order valence-corrected chi connectivity index (χ4v) is 2.02. The summed E-state index contributed by atoms with van der Waals surface area (Å²) in [6, 6.07) is 10.1. The van der Waals surface area contributed by atoms with E-state index in [4.69, 9.17) is 38.4 Å². The predicted molar refractivity (Wildman–Crippen MR) is 83.0 cm³/mol. The lowest BCUT2D eigenvalue weighted by atomic mass is 10.2. The summed E-state index contributed by atoms with van der Waals surface area (Å²) in [6.45, 7) is 0.142. The van der Waals surface area contributed by atoms with Crippen LogP contribution in [0.3, 0.4) is 0 Å². The van der Waals surface area contributed by atoms with Gasteiger partial charge in [0, 0.05) is 0 Å². The Bertz CT molecular complexity index is 633. The first-order valence-electron chi connectivity index (χ1n) is 6.06. The molecule has 0 aliphatic heterocycles. The highest BCUT2D eigenvalue weighted by Crippen LogP contribution is 2.29. The van der Waals surface area contributed by atoms with Crippen molar-refractivity contribution in [3.05, 3.63) is 57.6 Å². The molecule has 2 rings (SSSR count). The van der Waals surface area contributed by atoms with Gasteiger partial charge in [-0.15, -0.1) is 0 Å². The number of ether oxygens (including phenoxy) is 2. The number of anilines is 1. The maximum atomic E-state index is 12.0.